The minimum atomic E-state index is 0.127. The van der Waals surface area contributed by atoms with Gasteiger partial charge in [-0.05, 0) is 6.42 Å². The molecule has 0 aromatic rings. The summed E-state index contributed by atoms with van der Waals surface area (Å²) < 4.78 is 0. The molecule has 0 fully saturated rings. The Morgan fingerprint density at radius 1 is 1.09 bits per heavy atom. The van der Waals surface area contributed by atoms with E-state index in [2.05, 4.69) is 19.2 Å². The molecule has 0 aromatic carbocycles. The molecule has 0 atom stereocenters. The van der Waals surface area contributed by atoms with Gasteiger partial charge in [-0.2, -0.15) is 0 Å². The Labute approximate surface area is 70.4 Å². The summed E-state index contributed by atoms with van der Waals surface area (Å²) in [5.41, 5.74) is 0. The SMILES string of the molecule is CCCC.CCCC(=O)NC. The molecular formula is C9H21NO. The maximum absolute atomic E-state index is 10.3. The molecule has 0 saturated carbocycles. The van der Waals surface area contributed by atoms with Crippen LogP contribution in [0.5, 0.6) is 0 Å². The molecule has 11 heavy (non-hydrogen) atoms. The van der Waals surface area contributed by atoms with Crippen LogP contribution in [0.4, 0.5) is 0 Å². The third kappa shape index (κ3) is 17.7. The first-order valence-electron chi connectivity index (χ1n) is 4.43. The molecule has 0 radical (unpaired) electrons. The van der Waals surface area contributed by atoms with Gasteiger partial charge in [0.25, 0.3) is 0 Å². The van der Waals surface area contributed by atoms with Crippen molar-refractivity contribution in [1.82, 2.24) is 5.32 Å². The van der Waals surface area contributed by atoms with Crippen LogP contribution in [-0.4, -0.2) is 13.0 Å². The number of rotatable bonds is 3. The molecule has 0 aliphatic heterocycles. The Balaban J connectivity index is 0. The lowest BCUT2D eigenvalue weighted by molar-refractivity contribution is -0.120. The lowest BCUT2D eigenvalue weighted by Gasteiger charge is -1.91. The number of hydrogen-bond acceptors (Lipinski definition) is 1. The van der Waals surface area contributed by atoms with E-state index in [0.29, 0.717) is 6.42 Å². The Bertz CT molecular complexity index is 79.6. The van der Waals surface area contributed by atoms with Crippen molar-refractivity contribution < 1.29 is 4.79 Å². The second-order valence-corrected chi connectivity index (χ2v) is 2.42. The molecule has 0 aromatic heterocycles. The van der Waals surface area contributed by atoms with Crippen molar-refractivity contribution in [3.63, 3.8) is 0 Å². The highest BCUT2D eigenvalue weighted by molar-refractivity contribution is 5.75. The van der Waals surface area contributed by atoms with Crippen molar-refractivity contribution in [1.29, 1.82) is 0 Å². The Hall–Kier alpha value is -0.530. The van der Waals surface area contributed by atoms with Crippen LogP contribution < -0.4 is 5.32 Å². The molecule has 2 heteroatoms. The van der Waals surface area contributed by atoms with Gasteiger partial charge in [-0.1, -0.05) is 33.6 Å². The fourth-order valence-corrected chi connectivity index (χ4v) is 0.352. The van der Waals surface area contributed by atoms with Gasteiger partial charge in [0.1, 0.15) is 0 Å². The minimum absolute atomic E-state index is 0.127. The van der Waals surface area contributed by atoms with Gasteiger partial charge in [0, 0.05) is 13.5 Å². The molecule has 0 heterocycles. The van der Waals surface area contributed by atoms with E-state index in [1.165, 1.54) is 12.8 Å². The lowest BCUT2D eigenvalue weighted by Crippen LogP contribution is -2.16. The zero-order valence-corrected chi connectivity index (χ0v) is 8.24. The van der Waals surface area contributed by atoms with E-state index in [4.69, 9.17) is 0 Å². The second kappa shape index (κ2) is 12.2. The highest BCUT2D eigenvalue weighted by atomic mass is 16.1. The Morgan fingerprint density at radius 3 is 1.64 bits per heavy atom. The second-order valence-electron chi connectivity index (χ2n) is 2.42. The molecule has 0 rings (SSSR count). The van der Waals surface area contributed by atoms with Crippen molar-refractivity contribution in [3.8, 4) is 0 Å². The lowest BCUT2D eigenvalue weighted by atomic mass is 10.3. The van der Waals surface area contributed by atoms with Crippen LogP contribution in [0.2, 0.25) is 0 Å². The summed E-state index contributed by atoms with van der Waals surface area (Å²) in [6, 6.07) is 0. The quantitative estimate of drug-likeness (QED) is 0.673. The summed E-state index contributed by atoms with van der Waals surface area (Å²) in [5.74, 6) is 0.127. The molecule has 0 saturated heterocycles. The van der Waals surface area contributed by atoms with Crippen LogP contribution in [-0.2, 0) is 4.79 Å². The van der Waals surface area contributed by atoms with Gasteiger partial charge in [0.05, 0.1) is 0 Å². The predicted molar refractivity (Wildman–Crippen MR) is 49.6 cm³/mol. The molecule has 0 bridgehead atoms. The molecule has 0 aliphatic rings. The molecule has 68 valence electrons. The number of carbonyl (C=O) groups excluding carboxylic acids is 1. The third-order valence-corrected chi connectivity index (χ3v) is 1.26. The molecular weight excluding hydrogens is 138 g/mol. The fraction of sp³-hybridized carbons (Fsp3) is 0.889. The number of amides is 1. The van der Waals surface area contributed by atoms with Crippen molar-refractivity contribution in [2.24, 2.45) is 0 Å². The van der Waals surface area contributed by atoms with Crippen LogP contribution in [0.25, 0.3) is 0 Å². The molecule has 1 N–H and O–H groups in total. The van der Waals surface area contributed by atoms with Crippen molar-refractivity contribution in [3.05, 3.63) is 0 Å². The summed E-state index contributed by atoms with van der Waals surface area (Å²) in [5, 5.41) is 2.53. The Kier molecular flexibility index (Phi) is 14.5. The van der Waals surface area contributed by atoms with E-state index in [0.717, 1.165) is 6.42 Å². The van der Waals surface area contributed by atoms with E-state index in [-0.39, 0.29) is 5.91 Å². The normalized spacial score (nSPS) is 8.00. The predicted octanol–water partition coefficient (Wildman–Crippen LogP) is 2.34. The van der Waals surface area contributed by atoms with Crippen LogP contribution in [0.15, 0.2) is 0 Å². The van der Waals surface area contributed by atoms with E-state index in [1.807, 2.05) is 6.92 Å². The van der Waals surface area contributed by atoms with E-state index in [9.17, 15) is 4.79 Å². The topological polar surface area (TPSA) is 29.1 Å². The minimum Gasteiger partial charge on any atom is -0.359 e. The van der Waals surface area contributed by atoms with E-state index >= 15 is 0 Å². The van der Waals surface area contributed by atoms with Crippen LogP contribution in [0.3, 0.4) is 0 Å². The van der Waals surface area contributed by atoms with Gasteiger partial charge in [-0.15, -0.1) is 0 Å². The number of carbonyl (C=O) groups is 1. The summed E-state index contributed by atoms with van der Waals surface area (Å²) in [6.07, 6.45) is 4.22. The highest BCUT2D eigenvalue weighted by Crippen LogP contribution is 1.82. The molecule has 0 unspecified atom stereocenters. The monoisotopic (exact) mass is 159 g/mol. The van der Waals surface area contributed by atoms with Gasteiger partial charge in [0.2, 0.25) is 5.91 Å². The number of nitrogens with one attached hydrogen (secondary N) is 1. The molecule has 1 amide bonds. The maximum Gasteiger partial charge on any atom is 0.219 e. The molecule has 0 spiro atoms. The zero-order chi connectivity index (χ0) is 9.11. The summed E-state index contributed by atoms with van der Waals surface area (Å²) >= 11 is 0. The molecule has 2 nitrogen and oxygen atoms in total. The van der Waals surface area contributed by atoms with E-state index in [1.54, 1.807) is 7.05 Å². The van der Waals surface area contributed by atoms with Crippen LogP contribution >= 0.6 is 0 Å². The molecule has 0 aliphatic carbocycles. The number of unbranched alkanes of at least 4 members (excludes halogenated alkanes) is 1. The average Bonchev–Trinajstić information content (AvgIpc) is 2.05. The largest absolute Gasteiger partial charge is 0.359 e. The fourth-order valence-electron chi connectivity index (χ4n) is 0.352. The standard InChI is InChI=1S/C5H11NO.C4H10/c1-3-4-5(7)6-2;1-3-4-2/h3-4H2,1-2H3,(H,6,7);3-4H2,1-2H3. The smallest absolute Gasteiger partial charge is 0.219 e. The summed E-state index contributed by atoms with van der Waals surface area (Å²) in [6.45, 7) is 6.34. The first-order valence-corrected chi connectivity index (χ1v) is 4.43. The van der Waals surface area contributed by atoms with E-state index < -0.39 is 0 Å². The third-order valence-electron chi connectivity index (χ3n) is 1.26. The zero-order valence-electron chi connectivity index (χ0n) is 8.24. The first kappa shape index (κ1) is 13.1. The average molecular weight is 159 g/mol. The van der Waals surface area contributed by atoms with Crippen molar-refractivity contribution in [2.45, 2.75) is 46.5 Å². The first-order chi connectivity index (χ1) is 5.22. The highest BCUT2D eigenvalue weighted by Gasteiger charge is 1.89. The van der Waals surface area contributed by atoms with Crippen molar-refractivity contribution in [2.75, 3.05) is 7.05 Å². The summed E-state index contributed by atoms with van der Waals surface area (Å²) in [4.78, 5) is 10.3. The Morgan fingerprint density at radius 2 is 1.55 bits per heavy atom. The van der Waals surface area contributed by atoms with Gasteiger partial charge < -0.3 is 5.32 Å². The van der Waals surface area contributed by atoms with Gasteiger partial charge in [-0.3, -0.25) is 4.79 Å². The van der Waals surface area contributed by atoms with Crippen LogP contribution in [0, 0.1) is 0 Å². The van der Waals surface area contributed by atoms with Crippen LogP contribution in [0.1, 0.15) is 46.5 Å². The van der Waals surface area contributed by atoms with Gasteiger partial charge in [0.15, 0.2) is 0 Å². The number of hydrogen-bond donors (Lipinski definition) is 1. The van der Waals surface area contributed by atoms with Crippen molar-refractivity contribution >= 4 is 5.91 Å². The van der Waals surface area contributed by atoms with Gasteiger partial charge in [-0.25, -0.2) is 0 Å². The summed E-state index contributed by atoms with van der Waals surface area (Å²) in [7, 11) is 1.65. The van der Waals surface area contributed by atoms with Gasteiger partial charge >= 0.3 is 0 Å². The maximum atomic E-state index is 10.3.